The maximum Gasteiger partial charge on any atom is 0.243 e. The molecule has 0 atom stereocenters. The van der Waals surface area contributed by atoms with Crippen molar-refractivity contribution in [2.75, 3.05) is 19.6 Å². The average molecular weight is 389 g/mol. The highest BCUT2D eigenvalue weighted by molar-refractivity contribution is 7.89. The van der Waals surface area contributed by atoms with Crippen molar-refractivity contribution in [3.8, 4) is 0 Å². The first kappa shape index (κ1) is 18.3. The molecule has 0 amide bonds. The molecule has 1 N–H and O–H groups in total. The van der Waals surface area contributed by atoms with Crippen LogP contribution in [0.3, 0.4) is 0 Å². The zero-order valence-corrected chi connectivity index (χ0v) is 16.1. The van der Waals surface area contributed by atoms with Gasteiger partial charge < -0.3 is 9.88 Å². The van der Waals surface area contributed by atoms with Crippen LogP contribution in [0, 0.1) is 0 Å². The molecule has 0 unspecified atom stereocenters. The molecule has 8 nitrogen and oxygen atoms in total. The standard InChI is InChI=1S/C18H23N5O3S/c1-13(24)15-3-2-4-16(11-15)27(25,26)22-8-5-14(6-9-22)18-21-20-17-12-19-7-10-23(17)18/h2-4,11,14,19H,5-10,12H2,1H3. The van der Waals surface area contributed by atoms with Crippen molar-refractivity contribution in [3.05, 3.63) is 41.5 Å². The number of Topliss-reactive ketones (excluding diaryl/α,β-unsaturated/α-hetero) is 1. The minimum absolute atomic E-state index is 0.142. The Balaban J connectivity index is 1.49. The molecule has 2 aromatic rings. The van der Waals surface area contributed by atoms with Crippen molar-refractivity contribution in [2.45, 2.75) is 43.7 Å². The Morgan fingerprint density at radius 2 is 1.96 bits per heavy atom. The van der Waals surface area contributed by atoms with Crippen molar-refractivity contribution in [2.24, 2.45) is 0 Å². The number of fused-ring (bicyclic) bond motifs is 1. The first-order chi connectivity index (χ1) is 13.0. The zero-order valence-electron chi connectivity index (χ0n) is 15.3. The monoisotopic (exact) mass is 389 g/mol. The van der Waals surface area contributed by atoms with Crippen LogP contribution in [-0.2, 0) is 23.1 Å². The van der Waals surface area contributed by atoms with Gasteiger partial charge in [-0.25, -0.2) is 8.42 Å². The van der Waals surface area contributed by atoms with E-state index in [1.165, 1.54) is 17.3 Å². The van der Waals surface area contributed by atoms with Gasteiger partial charge in [-0.1, -0.05) is 12.1 Å². The first-order valence-electron chi connectivity index (χ1n) is 9.20. The number of hydrogen-bond acceptors (Lipinski definition) is 6. The van der Waals surface area contributed by atoms with Gasteiger partial charge in [0.2, 0.25) is 10.0 Å². The third-order valence-corrected chi connectivity index (χ3v) is 7.24. The molecule has 0 bridgehead atoms. The molecule has 144 valence electrons. The Kier molecular flexibility index (Phi) is 4.83. The molecule has 4 rings (SSSR count). The van der Waals surface area contributed by atoms with Gasteiger partial charge in [0, 0.05) is 37.7 Å². The van der Waals surface area contributed by atoms with E-state index in [1.54, 1.807) is 18.2 Å². The lowest BCUT2D eigenvalue weighted by molar-refractivity contribution is 0.101. The van der Waals surface area contributed by atoms with E-state index in [4.69, 9.17) is 0 Å². The SMILES string of the molecule is CC(=O)c1cccc(S(=O)(=O)N2CCC(c3nnc4n3CCNC4)CC2)c1. The molecule has 0 radical (unpaired) electrons. The van der Waals surface area contributed by atoms with Crippen molar-refractivity contribution in [3.63, 3.8) is 0 Å². The Labute approximate surface area is 158 Å². The molecule has 27 heavy (non-hydrogen) atoms. The summed E-state index contributed by atoms with van der Waals surface area (Å²) < 4.78 is 29.6. The molecule has 1 fully saturated rings. The van der Waals surface area contributed by atoms with Gasteiger partial charge in [0.25, 0.3) is 0 Å². The molecule has 1 saturated heterocycles. The molecule has 2 aliphatic heterocycles. The number of ketones is 1. The molecule has 9 heteroatoms. The number of rotatable bonds is 4. The average Bonchev–Trinajstić information content (AvgIpc) is 3.12. The summed E-state index contributed by atoms with van der Waals surface area (Å²) in [5, 5.41) is 11.9. The van der Waals surface area contributed by atoms with Gasteiger partial charge in [0.05, 0.1) is 11.4 Å². The summed E-state index contributed by atoms with van der Waals surface area (Å²) in [5.41, 5.74) is 0.412. The summed E-state index contributed by atoms with van der Waals surface area (Å²) in [7, 11) is -3.60. The van der Waals surface area contributed by atoms with Crippen molar-refractivity contribution in [1.82, 2.24) is 24.4 Å². The Hall–Kier alpha value is -2.10. The van der Waals surface area contributed by atoms with Gasteiger partial charge in [-0.3, -0.25) is 4.79 Å². The lowest BCUT2D eigenvalue weighted by Gasteiger charge is -2.31. The normalized spacial score (nSPS) is 19.0. The first-order valence-corrected chi connectivity index (χ1v) is 10.6. The van der Waals surface area contributed by atoms with Gasteiger partial charge in [-0.15, -0.1) is 10.2 Å². The van der Waals surface area contributed by atoms with Crippen LogP contribution in [0.15, 0.2) is 29.2 Å². The number of hydrogen-bond donors (Lipinski definition) is 1. The van der Waals surface area contributed by atoms with Crippen molar-refractivity contribution >= 4 is 15.8 Å². The van der Waals surface area contributed by atoms with E-state index in [0.29, 0.717) is 18.7 Å². The van der Waals surface area contributed by atoms with E-state index in [9.17, 15) is 13.2 Å². The molecular formula is C18H23N5O3S. The van der Waals surface area contributed by atoms with E-state index in [2.05, 4.69) is 20.1 Å². The second kappa shape index (κ2) is 7.14. The zero-order chi connectivity index (χ0) is 19.0. The molecule has 2 aliphatic rings. The number of nitrogens with one attached hydrogen (secondary N) is 1. The second-order valence-electron chi connectivity index (χ2n) is 7.07. The predicted octanol–water partition coefficient (Wildman–Crippen LogP) is 1.15. The predicted molar refractivity (Wildman–Crippen MR) is 98.9 cm³/mol. The quantitative estimate of drug-likeness (QED) is 0.788. The lowest BCUT2D eigenvalue weighted by atomic mass is 9.97. The fourth-order valence-electron chi connectivity index (χ4n) is 3.80. The van der Waals surface area contributed by atoms with Crippen LogP contribution >= 0.6 is 0 Å². The summed E-state index contributed by atoms with van der Waals surface area (Å²) in [4.78, 5) is 11.7. The van der Waals surface area contributed by atoms with Crippen molar-refractivity contribution in [1.29, 1.82) is 0 Å². The molecule has 0 aliphatic carbocycles. The molecule has 0 spiro atoms. The van der Waals surface area contributed by atoms with E-state index in [1.807, 2.05) is 0 Å². The van der Waals surface area contributed by atoms with Gasteiger partial charge in [-0.05, 0) is 31.9 Å². The van der Waals surface area contributed by atoms with Crippen LogP contribution in [-0.4, -0.2) is 52.9 Å². The largest absolute Gasteiger partial charge is 0.312 e. The van der Waals surface area contributed by atoms with E-state index < -0.39 is 10.0 Å². The minimum Gasteiger partial charge on any atom is -0.312 e. The summed E-state index contributed by atoms with van der Waals surface area (Å²) >= 11 is 0. The van der Waals surface area contributed by atoms with E-state index in [0.717, 1.165) is 44.1 Å². The third kappa shape index (κ3) is 3.42. The molecule has 1 aromatic heterocycles. The summed E-state index contributed by atoms with van der Waals surface area (Å²) in [5.74, 6) is 2.01. The van der Waals surface area contributed by atoms with Gasteiger partial charge in [-0.2, -0.15) is 4.31 Å². The van der Waals surface area contributed by atoms with Gasteiger partial charge >= 0.3 is 0 Å². The lowest BCUT2D eigenvalue weighted by Crippen LogP contribution is -2.39. The highest BCUT2D eigenvalue weighted by atomic mass is 32.2. The summed E-state index contributed by atoms with van der Waals surface area (Å²) in [6, 6.07) is 6.27. The number of nitrogens with zero attached hydrogens (tertiary/aromatic N) is 4. The fourth-order valence-corrected chi connectivity index (χ4v) is 5.31. The number of carbonyl (C=O) groups excluding carboxylic acids is 1. The van der Waals surface area contributed by atoms with Crippen LogP contribution in [0.25, 0.3) is 0 Å². The van der Waals surface area contributed by atoms with Crippen LogP contribution in [0.2, 0.25) is 0 Å². The number of benzene rings is 1. The number of piperidine rings is 1. The second-order valence-corrected chi connectivity index (χ2v) is 9.00. The number of sulfonamides is 1. The fraction of sp³-hybridized carbons (Fsp3) is 0.500. The van der Waals surface area contributed by atoms with E-state index >= 15 is 0 Å². The Bertz CT molecular complexity index is 961. The Morgan fingerprint density at radius 3 is 2.70 bits per heavy atom. The van der Waals surface area contributed by atoms with Gasteiger partial charge in [0.1, 0.15) is 11.6 Å². The topological polar surface area (TPSA) is 97.2 Å². The highest BCUT2D eigenvalue weighted by Gasteiger charge is 2.32. The van der Waals surface area contributed by atoms with Crippen LogP contribution in [0.1, 0.15) is 47.7 Å². The van der Waals surface area contributed by atoms with Crippen LogP contribution in [0.5, 0.6) is 0 Å². The van der Waals surface area contributed by atoms with Crippen LogP contribution < -0.4 is 5.32 Å². The smallest absolute Gasteiger partial charge is 0.243 e. The Morgan fingerprint density at radius 1 is 1.19 bits per heavy atom. The molecular weight excluding hydrogens is 366 g/mol. The third-order valence-electron chi connectivity index (χ3n) is 5.35. The maximum absolute atomic E-state index is 13.0. The maximum atomic E-state index is 13.0. The van der Waals surface area contributed by atoms with Crippen molar-refractivity contribution < 1.29 is 13.2 Å². The number of carbonyl (C=O) groups is 1. The molecule has 1 aromatic carbocycles. The molecule has 0 saturated carbocycles. The van der Waals surface area contributed by atoms with Gasteiger partial charge in [0.15, 0.2) is 5.78 Å². The molecule has 3 heterocycles. The summed E-state index contributed by atoms with van der Waals surface area (Å²) in [6.45, 7) is 4.81. The summed E-state index contributed by atoms with van der Waals surface area (Å²) in [6.07, 6.45) is 1.44. The highest BCUT2D eigenvalue weighted by Crippen LogP contribution is 2.30. The van der Waals surface area contributed by atoms with E-state index in [-0.39, 0.29) is 16.6 Å². The van der Waals surface area contributed by atoms with Crippen LogP contribution in [0.4, 0.5) is 0 Å². The minimum atomic E-state index is -3.60. The number of aromatic nitrogens is 3.